The second kappa shape index (κ2) is 4.72. The average molecular weight is 363 g/mol. The Morgan fingerprint density at radius 2 is 1.00 bits per heavy atom. The van der Waals surface area contributed by atoms with Gasteiger partial charge in [0.2, 0.25) is 0 Å². The van der Waals surface area contributed by atoms with Gasteiger partial charge in [0, 0.05) is 0 Å². The summed E-state index contributed by atoms with van der Waals surface area (Å²) in [5, 5.41) is -7.11. The van der Waals surface area contributed by atoms with Crippen molar-refractivity contribution in [3.63, 3.8) is 0 Å². The molecule has 0 spiro atoms. The Hall–Kier alpha value is -0.201. The summed E-state index contributed by atoms with van der Waals surface area (Å²) in [5.74, 6) is -14.8. The molecule has 0 heterocycles. The molecule has 0 bridgehead atoms. The molecule has 18 heavy (non-hydrogen) atoms. The summed E-state index contributed by atoms with van der Waals surface area (Å²) in [5.41, 5.74) is 0. The molecule has 0 unspecified atom stereocenters. The maximum absolute atomic E-state index is 12.2. The van der Waals surface area contributed by atoms with Crippen LogP contribution in [0.4, 0.5) is 39.5 Å². The average Bonchev–Trinajstić information content (AvgIpc) is 1.98. The Balaban J connectivity index is 0. The van der Waals surface area contributed by atoms with Gasteiger partial charge in [0.15, 0.2) is 10.1 Å². The Morgan fingerprint density at radius 1 is 0.722 bits per heavy atom. The van der Waals surface area contributed by atoms with Crippen LogP contribution in [0, 0.1) is 0 Å². The van der Waals surface area contributed by atoms with Gasteiger partial charge in [-0.25, -0.2) is 8.42 Å². The van der Waals surface area contributed by atoms with Crippen LogP contribution in [0.25, 0.3) is 0 Å². The van der Waals surface area contributed by atoms with Crippen molar-refractivity contribution in [2.24, 2.45) is 0 Å². The van der Waals surface area contributed by atoms with Crippen LogP contribution in [0.15, 0.2) is 0 Å². The van der Waals surface area contributed by atoms with Gasteiger partial charge in [-0.1, -0.05) is 0 Å². The van der Waals surface area contributed by atoms with Crippen LogP contribution in [-0.2, 0) is 27.2 Å². The normalized spacial score (nSPS) is 15.2. The second-order valence-electron chi connectivity index (χ2n) is 2.62. The summed E-state index contributed by atoms with van der Waals surface area (Å²) in [4.78, 5) is 0. The molecule has 114 valence electrons. The summed E-state index contributed by atoms with van der Waals surface area (Å²) in [6.07, 6.45) is -7.16. The molecule has 0 saturated carbocycles. The fourth-order valence-electron chi connectivity index (χ4n) is 0.518. The molecular weight excluding hydrogens is 363 g/mol. The molecule has 0 aliphatic rings. The molecule has 0 aliphatic carbocycles. The number of alkyl halides is 9. The summed E-state index contributed by atoms with van der Waals surface area (Å²) in [7, 11) is -7.42. The van der Waals surface area contributed by atoms with Gasteiger partial charge in [-0.15, -0.1) is 0 Å². The van der Waals surface area contributed by atoms with E-state index in [9.17, 15) is 52.5 Å². The Kier molecular flexibility index (Phi) is 5.28. The number of halogens is 9. The van der Waals surface area contributed by atoms with Crippen molar-refractivity contribution in [2.75, 3.05) is 0 Å². The standard InChI is InChI=1S/C4HF9O3S.Cu/c5-1(6,3(9,10)11)2(7,8)4(12,13)17(14,15)16;/h(H,14,15,16);/q;+1/p-1. The van der Waals surface area contributed by atoms with Gasteiger partial charge in [-0.3, -0.25) is 0 Å². The van der Waals surface area contributed by atoms with Crippen molar-refractivity contribution in [3.8, 4) is 0 Å². The van der Waals surface area contributed by atoms with E-state index in [4.69, 9.17) is 0 Å². The summed E-state index contributed by atoms with van der Waals surface area (Å²) >= 11 is 0. The number of hydrogen-bond donors (Lipinski definition) is 0. The van der Waals surface area contributed by atoms with Gasteiger partial charge in [0.05, 0.1) is 0 Å². The van der Waals surface area contributed by atoms with Crippen molar-refractivity contribution >= 4 is 10.1 Å². The largest absolute Gasteiger partial charge is 1.00 e. The van der Waals surface area contributed by atoms with Crippen molar-refractivity contribution in [1.29, 1.82) is 0 Å². The third-order valence-corrected chi connectivity index (χ3v) is 2.31. The molecule has 0 fully saturated rings. The third-order valence-electron chi connectivity index (χ3n) is 1.43. The van der Waals surface area contributed by atoms with E-state index in [0.717, 1.165) is 0 Å². The van der Waals surface area contributed by atoms with E-state index in [-0.39, 0.29) is 17.1 Å². The van der Waals surface area contributed by atoms with Crippen LogP contribution in [0.1, 0.15) is 0 Å². The second-order valence-corrected chi connectivity index (χ2v) is 4.04. The zero-order valence-corrected chi connectivity index (χ0v) is 9.09. The quantitative estimate of drug-likeness (QED) is 0.438. The predicted octanol–water partition coefficient (Wildman–Crippen LogP) is 1.95. The van der Waals surface area contributed by atoms with Gasteiger partial charge in [-0.2, -0.15) is 39.5 Å². The van der Waals surface area contributed by atoms with E-state index >= 15 is 0 Å². The molecule has 0 atom stereocenters. The van der Waals surface area contributed by atoms with E-state index in [1.165, 1.54) is 0 Å². The van der Waals surface area contributed by atoms with E-state index < -0.39 is 33.4 Å². The van der Waals surface area contributed by atoms with Crippen molar-refractivity contribution < 1.29 is 69.6 Å². The maximum Gasteiger partial charge on any atom is 1.00 e. The SMILES string of the molecule is O=S(=O)([O-])C(F)(F)C(F)(F)C(F)(F)C(F)(F)F.[Cu+]. The molecule has 0 aromatic rings. The molecule has 0 aromatic heterocycles. The zero-order valence-electron chi connectivity index (χ0n) is 7.34. The topological polar surface area (TPSA) is 57.2 Å². The fourth-order valence-corrected chi connectivity index (χ4v) is 0.960. The van der Waals surface area contributed by atoms with E-state index in [0.29, 0.717) is 0 Å². The smallest absolute Gasteiger partial charge is 0.743 e. The van der Waals surface area contributed by atoms with Crippen LogP contribution in [0.5, 0.6) is 0 Å². The third kappa shape index (κ3) is 2.70. The maximum atomic E-state index is 12.2. The summed E-state index contributed by atoms with van der Waals surface area (Å²) in [6, 6.07) is 0. The first kappa shape index (κ1) is 20.1. The Morgan fingerprint density at radius 3 is 1.17 bits per heavy atom. The molecule has 0 rings (SSSR count). The Bertz CT molecular complexity index is 399. The first-order chi connectivity index (χ1) is 7.00. The molecule has 3 nitrogen and oxygen atoms in total. The van der Waals surface area contributed by atoms with Gasteiger partial charge >= 0.3 is 40.3 Å². The van der Waals surface area contributed by atoms with Gasteiger partial charge in [0.25, 0.3) is 0 Å². The molecular formula is C4CuF9O3S. The fraction of sp³-hybridized carbons (Fsp3) is 1.00. The first-order valence-electron chi connectivity index (χ1n) is 3.15. The van der Waals surface area contributed by atoms with Crippen LogP contribution in [0.3, 0.4) is 0 Å². The van der Waals surface area contributed by atoms with Crippen LogP contribution in [0.2, 0.25) is 0 Å². The van der Waals surface area contributed by atoms with Crippen molar-refractivity contribution in [3.05, 3.63) is 0 Å². The van der Waals surface area contributed by atoms with E-state index in [1.807, 2.05) is 0 Å². The predicted molar refractivity (Wildman–Crippen MR) is 30.6 cm³/mol. The molecule has 0 radical (unpaired) electrons. The van der Waals surface area contributed by atoms with E-state index in [1.54, 1.807) is 0 Å². The minimum Gasteiger partial charge on any atom is -0.743 e. The molecule has 14 heteroatoms. The monoisotopic (exact) mass is 362 g/mol. The minimum atomic E-state index is -7.43. The van der Waals surface area contributed by atoms with Crippen molar-refractivity contribution in [2.45, 2.75) is 23.3 Å². The van der Waals surface area contributed by atoms with E-state index in [2.05, 4.69) is 0 Å². The van der Waals surface area contributed by atoms with Gasteiger partial charge in [-0.05, 0) is 0 Å². The molecule has 0 aromatic carbocycles. The van der Waals surface area contributed by atoms with Crippen LogP contribution < -0.4 is 0 Å². The summed E-state index contributed by atoms with van der Waals surface area (Å²) < 4.78 is 135. The Labute approximate surface area is 104 Å². The number of rotatable bonds is 3. The molecule has 0 N–H and O–H groups in total. The zero-order chi connectivity index (χ0) is 14.5. The molecule has 0 amide bonds. The first-order valence-corrected chi connectivity index (χ1v) is 4.56. The number of hydrogen-bond acceptors (Lipinski definition) is 3. The van der Waals surface area contributed by atoms with Crippen LogP contribution in [-0.4, -0.2) is 36.2 Å². The van der Waals surface area contributed by atoms with Gasteiger partial charge in [0.1, 0.15) is 0 Å². The summed E-state index contributed by atoms with van der Waals surface area (Å²) in [6.45, 7) is 0. The molecule has 0 saturated heterocycles. The molecule has 0 aliphatic heterocycles. The van der Waals surface area contributed by atoms with Gasteiger partial charge < -0.3 is 4.55 Å². The minimum absolute atomic E-state index is 0. The van der Waals surface area contributed by atoms with Crippen LogP contribution >= 0.6 is 0 Å². The van der Waals surface area contributed by atoms with Crippen molar-refractivity contribution in [1.82, 2.24) is 0 Å².